The van der Waals surface area contributed by atoms with Gasteiger partial charge in [0.2, 0.25) is 0 Å². The van der Waals surface area contributed by atoms with Gasteiger partial charge in [-0.25, -0.2) is 0 Å². The van der Waals surface area contributed by atoms with Gasteiger partial charge in [0.1, 0.15) is 0 Å². The maximum absolute atomic E-state index is 10.0. The quantitative estimate of drug-likeness (QED) is 0.218. The summed E-state index contributed by atoms with van der Waals surface area (Å²) in [7, 11) is 0. The molecule has 5 heteroatoms. The first kappa shape index (κ1) is 24.8. The van der Waals surface area contributed by atoms with Crippen LogP contribution in [0.4, 0.5) is 0 Å². The van der Waals surface area contributed by atoms with E-state index in [1.165, 1.54) is 36.3 Å². The molecule has 0 spiro atoms. The molecule has 27 heavy (non-hydrogen) atoms. The Morgan fingerprint density at radius 1 is 1.11 bits per heavy atom. The Bertz CT molecular complexity index is 909. The molecule has 4 radical (unpaired) electrons. The molecule has 1 aromatic heterocycles. The molecule has 3 nitrogen and oxygen atoms in total. The van der Waals surface area contributed by atoms with E-state index >= 15 is 0 Å². The van der Waals surface area contributed by atoms with Crippen molar-refractivity contribution in [3.63, 3.8) is 0 Å². The largest absolute Gasteiger partial charge is 0.512 e. The van der Waals surface area contributed by atoms with Gasteiger partial charge >= 0.3 is 0 Å². The number of ketones is 1. The summed E-state index contributed by atoms with van der Waals surface area (Å²) in [5.74, 6) is -0.0625. The van der Waals surface area contributed by atoms with Gasteiger partial charge in [-0.2, -0.15) is 0 Å². The molecule has 0 amide bonds. The third-order valence-electron chi connectivity index (χ3n) is 3.49. The summed E-state index contributed by atoms with van der Waals surface area (Å²) in [6.45, 7) is 7.03. The van der Waals surface area contributed by atoms with Gasteiger partial charge in [-0.1, -0.05) is 38.1 Å². The van der Waals surface area contributed by atoms with Gasteiger partial charge in [-0.3, -0.25) is 4.79 Å². The second kappa shape index (κ2) is 11.5. The van der Waals surface area contributed by atoms with Crippen molar-refractivity contribution >= 4 is 25.0 Å². The number of fused-ring (bicyclic) bond motifs is 1. The third kappa shape index (κ3) is 7.50. The number of carbonyl (C=O) groups is 1. The number of carbonyl (C=O) groups excluding carboxylic acids is 1. The minimum atomic E-state index is -0.125. The van der Waals surface area contributed by atoms with Crippen molar-refractivity contribution in [2.24, 2.45) is 0 Å². The third-order valence-corrected chi connectivity index (χ3v) is 3.49. The summed E-state index contributed by atoms with van der Waals surface area (Å²) in [6.07, 6.45) is 3.03. The van der Waals surface area contributed by atoms with Crippen molar-refractivity contribution in [1.82, 2.24) is 4.98 Å². The van der Waals surface area contributed by atoms with E-state index in [0.29, 0.717) is 0 Å². The average molecular weight is 535 g/mol. The van der Waals surface area contributed by atoms with E-state index in [-0.39, 0.29) is 40.1 Å². The first-order chi connectivity index (χ1) is 11.9. The summed E-state index contributed by atoms with van der Waals surface area (Å²) in [4.78, 5) is 14.5. The number of allylic oxidation sites excluding steroid dienone is 2. The molecule has 0 atom stereocenters. The smallest absolute Gasteiger partial charge is 0.155 e. The molecule has 0 bridgehead atoms. The number of aliphatic hydroxyl groups is 1. The monoisotopic (exact) mass is 536 g/mol. The van der Waals surface area contributed by atoms with E-state index in [1.54, 1.807) is 0 Å². The van der Waals surface area contributed by atoms with Crippen molar-refractivity contribution in [1.29, 1.82) is 0 Å². The number of benzene rings is 2. The van der Waals surface area contributed by atoms with E-state index < -0.39 is 0 Å². The molecule has 0 saturated carbocycles. The minimum Gasteiger partial charge on any atom is -0.512 e. The Morgan fingerprint density at radius 2 is 1.78 bits per heavy atom. The Morgan fingerprint density at radius 3 is 2.33 bits per heavy atom. The number of hydrogen-bond donors (Lipinski definition) is 1. The molecule has 0 fully saturated rings. The number of aliphatic hydroxyl groups excluding tert-OH is 1. The van der Waals surface area contributed by atoms with Crippen molar-refractivity contribution in [3.05, 3.63) is 77.7 Å². The molecule has 0 aliphatic rings. The molecule has 3 rings (SSSR count). The molecule has 0 aliphatic heterocycles. The zero-order valence-electron chi connectivity index (χ0n) is 15.9. The molecular formula is C22H22BIrNO2-. The predicted octanol–water partition coefficient (Wildman–Crippen LogP) is 4.97. The number of nitrogens with zero attached hydrogens (tertiary/aromatic N) is 1. The number of aryl methyl sites for hydroxylation is 2. The minimum absolute atomic E-state index is 0. The van der Waals surface area contributed by atoms with Crippen LogP contribution in [0.5, 0.6) is 0 Å². The molecule has 140 valence electrons. The summed E-state index contributed by atoms with van der Waals surface area (Å²) < 4.78 is 0. The van der Waals surface area contributed by atoms with Crippen molar-refractivity contribution in [2.75, 3.05) is 0 Å². The topological polar surface area (TPSA) is 50.2 Å². The summed E-state index contributed by atoms with van der Waals surface area (Å²) in [5, 5.41) is 10.8. The van der Waals surface area contributed by atoms with Crippen LogP contribution in [0.3, 0.4) is 0 Å². The van der Waals surface area contributed by atoms with Gasteiger partial charge in [0.05, 0.1) is 5.76 Å². The molecule has 3 aromatic rings. The van der Waals surface area contributed by atoms with Crippen LogP contribution >= 0.6 is 0 Å². The Kier molecular flexibility index (Phi) is 10.5. The molecule has 1 heterocycles. The molecule has 2 aromatic carbocycles. The van der Waals surface area contributed by atoms with E-state index in [0.717, 1.165) is 16.8 Å². The summed E-state index contributed by atoms with van der Waals surface area (Å²) in [6, 6.07) is 18.0. The Balaban J connectivity index is 0.000000656. The van der Waals surface area contributed by atoms with Crippen LogP contribution in [0, 0.1) is 19.9 Å². The second-order valence-corrected chi connectivity index (χ2v) is 6.03. The van der Waals surface area contributed by atoms with Crippen molar-refractivity contribution in [2.45, 2.75) is 27.7 Å². The van der Waals surface area contributed by atoms with Gasteiger partial charge < -0.3 is 10.1 Å². The van der Waals surface area contributed by atoms with Crippen LogP contribution in [-0.4, -0.2) is 24.3 Å². The molecule has 1 N–H and O–H groups in total. The Labute approximate surface area is 176 Å². The number of rotatable bonds is 2. The van der Waals surface area contributed by atoms with E-state index in [9.17, 15) is 4.79 Å². The molecule has 0 aliphatic carbocycles. The van der Waals surface area contributed by atoms with Crippen molar-refractivity contribution in [3.8, 4) is 11.3 Å². The first-order valence-corrected chi connectivity index (χ1v) is 8.09. The maximum atomic E-state index is 10.0. The maximum Gasteiger partial charge on any atom is 0.155 e. The summed E-state index contributed by atoms with van der Waals surface area (Å²) >= 11 is 0. The van der Waals surface area contributed by atoms with E-state index in [1.807, 2.05) is 12.3 Å². The number of hydrogen-bond acceptors (Lipinski definition) is 3. The standard InChI is InChI=1S/C17H14N.C5H8O2.B.Ir/c1-12-9-13(2)11-15(10-12)17-16-6-4-3-5-14(16)7-8-18-17;1-4(6)3-5(2)7;;/h3-10H,1-2H3;3,6H,1-2H3;;/q-1;;;. The zero-order valence-corrected chi connectivity index (χ0v) is 18.3. The van der Waals surface area contributed by atoms with Crippen LogP contribution in [0.25, 0.3) is 22.0 Å². The SMILES string of the molecule is CC(=O)C=C(C)O.Cc1[c-]c(-c2nccc3ccccc23)cc(C)c1.[B].[Ir]. The van der Waals surface area contributed by atoms with Crippen LogP contribution < -0.4 is 0 Å². The normalized spacial score (nSPS) is 10.1. The van der Waals surface area contributed by atoms with Gasteiger partial charge in [-0.15, -0.1) is 34.9 Å². The van der Waals surface area contributed by atoms with Crippen LogP contribution in [0.15, 0.2) is 60.5 Å². The van der Waals surface area contributed by atoms with Crippen LogP contribution in [0.1, 0.15) is 25.0 Å². The van der Waals surface area contributed by atoms with Crippen molar-refractivity contribution < 1.29 is 30.0 Å². The first-order valence-electron chi connectivity index (χ1n) is 8.09. The van der Waals surface area contributed by atoms with Crippen LogP contribution in [0.2, 0.25) is 0 Å². The zero-order chi connectivity index (χ0) is 18.4. The number of aromatic nitrogens is 1. The molecule has 0 unspecified atom stereocenters. The summed E-state index contributed by atoms with van der Waals surface area (Å²) in [5.41, 5.74) is 4.49. The van der Waals surface area contributed by atoms with E-state index in [4.69, 9.17) is 5.11 Å². The average Bonchev–Trinajstić information content (AvgIpc) is 2.52. The van der Waals surface area contributed by atoms with Gasteiger partial charge in [-0.05, 0) is 36.4 Å². The number of pyridine rings is 1. The van der Waals surface area contributed by atoms with Gasteiger partial charge in [0, 0.05) is 40.8 Å². The fourth-order valence-electron chi connectivity index (χ4n) is 2.65. The fourth-order valence-corrected chi connectivity index (χ4v) is 2.65. The molecule has 0 saturated heterocycles. The predicted molar refractivity (Wildman–Crippen MR) is 108 cm³/mol. The fraction of sp³-hybridized carbons (Fsp3) is 0.182. The molecular weight excluding hydrogens is 513 g/mol. The second-order valence-electron chi connectivity index (χ2n) is 6.03. The van der Waals surface area contributed by atoms with Gasteiger partial charge in [0.15, 0.2) is 5.78 Å². The van der Waals surface area contributed by atoms with Crippen LogP contribution in [-0.2, 0) is 24.9 Å². The Hall–Kier alpha value is -2.23. The van der Waals surface area contributed by atoms with E-state index in [2.05, 4.69) is 61.3 Å². The van der Waals surface area contributed by atoms with Gasteiger partial charge in [0.25, 0.3) is 0 Å².